The minimum atomic E-state index is -0.412. The van der Waals surface area contributed by atoms with Gasteiger partial charge in [-0.25, -0.2) is 0 Å². The Kier molecular flexibility index (Phi) is 3.47. The maximum absolute atomic E-state index is 9.44. The van der Waals surface area contributed by atoms with E-state index in [4.69, 9.17) is 4.74 Å². The third kappa shape index (κ3) is 2.49. The molecule has 2 N–H and O–H groups in total. The average molecular weight is 234 g/mol. The number of rotatable bonds is 2. The lowest BCUT2D eigenvalue weighted by Gasteiger charge is -2.30. The van der Waals surface area contributed by atoms with Crippen molar-refractivity contribution >= 4 is 0 Å². The summed E-state index contributed by atoms with van der Waals surface area (Å²) >= 11 is 0. The summed E-state index contributed by atoms with van der Waals surface area (Å²) in [6.45, 7) is 2.62. The van der Waals surface area contributed by atoms with E-state index < -0.39 is 6.04 Å². The summed E-state index contributed by atoms with van der Waals surface area (Å²) in [5.41, 5.74) is 0.685. The molecule has 90 valence electrons. The van der Waals surface area contributed by atoms with Crippen LogP contribution >= 0.6 is 0 Å². The molecule has 1 aromatic carbocycles. The number of nitriles is 1. The molecule has 1 fully saturated rings. The highest BCUT2D eigenvalue weighted by Crippen LogP contribution is 2.30. The highest BCUT2D eigenvalue weighted by atomic mass is 16.5. The number of phenolic OH excluding ortho intramolecular Hbond substituents is 2. The predicted molar refractivity (Wildman–Crippen MR) is 60.5 cm³/mol. The normalized spacial score (nSPS) is 18.5. The van der Waals surface area contributed by atoms with Crippen molar-refractivity contribution < 1.29 is 14.9 Å². The van der Waals surface area contributed by atoms with Gasteiger partial charge in [0, 0.05) is 13.1 Å². The second-order valence-electron chi connectivity index (χ2n) is 3.93. The molecule has 1 aromatic rings. The molecule has 1 unspecified atom stereocenters. The number of nitrogens with zero attached hydrogens (tertiary/aromatic N) is 2. The molecule has 1 aliphatic heterocycles. The van der Waals surface area contributed by atoms with Crippen LogP contribution in [0.15, 0.2) is 18.2 Å². The number of phenols is 2. The molecule has 1 atom stereocenters. The van der Waals surface area contributed by atoms with Gasteiger partial charge in [-0.2, -0.15) is 5.26 Å². The third-order valence-corrected chi connectivity index (χ3v) is 2.85. The summed E-state index contributed by atoms with van der Waals surface area (Å²) in [5.74, 6) is -0.372. The number of morpholine rings is 1. The van der Waals surface area contributed by atoms with E-state index in [2.05, 4.69) is 6.07 Å². The number of ether oxygens (including phenoxy) is 1. The average Bonchev–Trinajstić information content (AvgIpc) is 2.36. The van der Waals surface area contributed by atoms with E-state index in [1.54, 1.807) is 6.07 Å². The van der Waals surface area contributed by atoms with Gasteiger partial charge in [-0.3, -0.25) is 4.90 Å². The molecular formula is C12H14N2O3. The van der Waals surface area contributed by atoms with E-state index in [1.165, 1.54) is 12.1 Å². The van der Waals surface area contributed by atoms with E-state index in [0.29, 0.717) is 31.9 Å². The number of benzene rings is 1. The lowest BCUT2D eigenvalue weighted by molar-refractivity contribution is 0.0266. The summed E-state index contributed by atoms with van der Waals surface area (Å²) in [4.78, 5) is 2.00. The molecule has 5 nitrogen and oxygen atoms in total. The molecule has 17 heavy (non-hydrogen) atoms. The van der Waals surface area contributed by atoms with Crippen molar-refractivity contribution in [2.75, 3.05) is 26.3 Å². The zero-order valence-corrected chi connectivity index (χ0v) is 9.33. The summed E-state index contributed by atoms with van der Waals surface area (Å²) in [6, 6.07) is 6.28. The first-order valence-electron chi connectivity index (χ1n) is 5.45. The molecule has 0 aromatic heterocycles. The largest absolute Gasteiger partial charge is 0.504 e. The van der Waals surface area contributed by atoms with Gasteiger partial charge in [0.15, 0.2) is 11.5 Å². The van der Waals surface area contributed by atoms with Crippen LogP contribution in [0.1, 0.15) is 11.6 Å². The molecule has 5 heteroatoms. The molecule has 0 aliphatic carbocycles. The number of hydrogen-bond acceptors (Lipinski definition) is 5. The first-order chi connectivity index (χ1) is 8.22. The maximum atomic E-state index is 9.44. The Morgan fingerprint density at radius 2 is 1.94 bits per heavy atom. The summed E-state index contributed by atoms with van der Waals surface area (Å²) < 4.78 is 5.23. The van der Waals surface area contributed by atoms with E-state index in [0.717, 1.165) is 0 Å². The fourth-order valence-electron chi connectivity index (χ4n) is 1.91. The van der Waals surface area contributed by atoms with Gasteiger partial charge < -0.3 is 14.9 Å². The van der Waals surface area contributed by atoms with Gasteiger partial charge in [0.25, 0.3) is 0 Å². The van der Waals surface area contributed by atoms with Crippen LogP contribution < -0.4 is 0 Å². The Morgan fingerprint density at radius 1 is 1.24 bits per heavy atom. The zero-order chi connectivity index (χ0) is 12.3. The lowest BCUT2D eigenvalue weighted by atomic mass is 10.1. The van der Waals surface area contributed by atoms with Gasteiger partial charge in [-0.05, 0) is 17.7 Å². The Hall–Kier alpha value is -1.77. The van der Waals surface area contributed by atoms with Crippen LogP contribution in [-0.4, -0.2) is 41.4 Å². The first-order valence-corrected chi connectivity index (χ1v) is 5.45. The minimum absolute atomic E-state index is 0.174. The van der Waals surface area contributed by atoms with E-state index in [-0.39, 0.29) is 11.5 Å². The molecule has 1 saturated heterocycles. The van der Waals surface area contributed by atoms with Crippen LogP contribution in [0.5, 0.6) is 11.5 Å². The zero-order valence-electron chi connectivity index (χ0n) is 9.33. The standard InChI is InChI=1S/C12H14N2O3/c13-8-10(14-3-5-17-6-4-14)9-1-2-11(15)12(16)7-9/h1-2,7,10,15-16H,3-6H2. The van der Waals surface area contributed by atoms with Crippen molar-refractivity contribution in [1.29, 1.82) is 5.26 Å². The predicted octanol–water partition coefficient (Wildman–Crippen LogP) is 0.995. The molecule has 0 spiro atoms. The lowest BCUT2D eigenvalue weighted by Crippen LogP contribution is -2.38. The van der Waals surface area contributed by atoms with Crippen LogP contribution in [0.3, 0.4) is 0 Å². The van der Waals surface area contributed by atoms with Gasteiger partial charge in [-0.1, -0.05) is 6.07 Å². The second kappa shape index (κ2) is 5.04. The van der Waals surface area contributed by atoms with Crippen molar-refractivity contribution in [2.45, 2.75) is 6.04 Å². The Morgan fingerprint density at radius 3 is 2.53 bits per heavy atom. The van der Waals surface area contributed by atoms with Gasteiger partial charge in [0.2, 0.25) is 0 Å². The Labute approximate surface area is 99.5 Å². The summed E-state index contributed by atoms with van der Waals surface area (Å²) in [7, 11) is 0. The van der Waals surface area contributed by atoms with Gasteiger partial charge in [0.1, 0.15) is 6.04 Å². The van der Waals surface area contributed by atoms with Crippen molar-refractivity contribution in [3.63, 3.8) is 0 Å². The maximum Gasteiger partial charge on any atom is 0.157 e. The van der Waals surface area contributed by atoms with E-state index >= 15 is 0 Å². The molecule has 1 heterocycles. The second-order valence-corrected chi connectivity index (χ2v) is 3.93. The van der Waals surface area contributed by atoms with Crippen LogP contribution in [0.2, 0.25) is 0 Å². The monoisotopic (exact) mass is 234 g/mol. The third-order valence-electron chi connectivity index (χ3n) is 2.85. The molecule has 0 saturated carbocycles. The van der Waals surface area contributed by atoms with E-state index in [1.807, 2.05) is 4.90 Å². The molecule has 2 rings (SSSR count). The van der Waals surface area contributed by atoms with Crippen LogP contribution in [0.4, 0.5) is 0 Å². The molecule has 0 bridgehead atoms. The number of aromatic hydroxyl groups is 2. The molecule has 1 aliphatic rings. The van der Waals surface area contributed by atoms with Gasteiger partial charge in [-0.15, -0.1) is 0 Å². The van der Waals surface area contributed by atoms with Crippen LogP contribution in [0.25, 0.3) is 0 Å². The topological polar surface area (TPSA) is 76.7 Å². The van der Waals surface area contributed by atoms with Crippen molar-refractivity contribution in [3.8, 4) is 17.6 Å². The van der Waals surface area contributed by atoms with E-state index in [9.17, 15) is 15.5 Å². The summed E-state index contributed by atoms with van der Waals surface area (Å²) in [6.07, 6.45) is 0. The highest BCUT2D eigenvalue weighted by molar-refractivity contribution is 5.42. The summed E-state index contributed by atoms with van der Waals surface area (Å²) in [5, 5.41) is 27.9. The first kappa shape index (κ1) is 11.7. The smallest absolute Gasteiger partial charge is 0.157 e. The molecule has 0 radical (unpaired) electrons. The molecular weight excluding hydrogens is 220 g/mol. The quantitative estimate of drug-likeness (QED) is 0.746. The van der Waals surface area contributed by atoms with Crippen molar-refractivity contribution in [1.82, 2.24) is 4.90 Å². The van der Waals surface area contributed by atoms with Crippen LogP contribution in [0, 0.1) is 11.3 Å². The van der Waals surface area contributed by atoms with Crippen molar-refractivity contribution in [2.24, 2.45) is 0 Å². The molecule has 0 amide bonds. The SMILES string of the molecule is N#CC(c1ccc(O)c(O)c1)N1CCOCC1. The van der Waals surface area contributed by atoms with Crippen molar-refractivity contribution in [3.05, 3.63) is 23.8 Å². The Bertz CT molecular complexity index is 436. The Balaban J connectivity index is 2.22. The highest BCUT2D eigenvalue weighted by Gasteiger charge is 2.22. The van der Waals surface area contributed by atoms with Gasteiger partial charge in [0.05, 0.1) is 19.3 Å². The minimum Gasteiger partial charge on any atom is -0.504 e. The van der Waals surface area contributed by atoms with Crippen LogP contribution in [-0.2, 0) is 4.74 Å². The van der Waals surface area contributed by atoms with Gasteiger partial charge >= 0.3 is 0 Å². The fourth-order valence-corrected chi connectivity index (χ4v) is 1.91. The fraction of sp³-hybridized carbons (Fsp3) is 0.417. The number of hydrogen-bond donors (Lipinski definition) is 2.